The molecule has 178 valence electrons. The summed E-state index contributed by atoms with van der Waals surface area (Å²) in [4.78, 5) is 27.1. The molecule has 0 fully saturated rings. The van der Waals surface area contributed by atoms with E-state index in [1.807, 2.05) is 31.2 Å². The molecule has 0 spiro atoms. The van der Waals surface area contributed by atoms with Gasteiger partial charge in [0.1, 0.15) is 6.61 Å². The number of nitrogens with zero attached hydrogens (tertiary/aromatic N) is 2. The van der Waals surface area contributed by atoms with Crippen LogP contribution in [0.5, 0.6) is 11.5 Å². The van der Waals surface area contributed by atoms with Crippen molar-refractivity contribution in [2.45, 2.75) is 13.5 Å². The van der Waals surface area contributed by atoms with E-state index in [1.54, 1.807) is 30.3 Å². The van der Waals surface area contributed by atoms with Crippen LogP contribution in [-0.4, -0.2) is 23.4 Å². The predicted octanol–water partition coefficient (Wildman–Crippen LogP) is 6.28. The zero-order chi connectivity index (χ0) is 24.9. The van der Waals surface area contributed by atoms with Gasteiger partial charge in [-0.25, -0.2) is 9.79 Å². The van der Waals surface area contributed by atoms with E-state index in [1.165, 1.54) is 12.1 Å². The van der Waals surface area contributed by atoms with E-state index >= 15 is 0 Å². The Balaban J connectivity index is 1.57. The lowest BCUT2D eigenvalue weighted by Crippen LogP contribution is -2.05. The van der Waals surface area contributed by atoms with Gasteiger partial charge in [-0.3, -0.25) is 10.1 Å². The lowest BCUT2D eigenvalue weighted by Gasteiger charge is -2.15. The highest BCUT2D eigenvalue weighted by molar-refractivity contribution is 14.1. The number of ether oxygens (including phenoxy) is 3. The number of esters is 1. The second-order valence-electron chi connectivity index (χ2n) is 7.32. The Kier molecular flexibility index (Phi) is 7.81. The molecule has 0 radical (unpaired) electrons. The van der Waals surface area contributed by atoms with Crippen LogP contribution >= 0.6 is 38.5 Å². The maximum absolute atomic E-state index is 12.4. The van der Waals surface area contributed by atoms with E-state index in [-0.39, 0.29) is 23.9 Å². The molecule has 3 aromatic rings. The van der Waals surface area contributed by atoms with Crippen molar-refractivity contribution in [3.63, 3.8) is 0 Å². The fourth-order valence-electron chi connectivity index (χ4n) is 3.23. The second kappa shape index (κ2) is 11.0. The van der Waals surface area contributed by atoms with Crippen LogP contribution in [0.3, 0.4) is 0 Å². The maximum Gasteiger partial charge on any atom is 0.363 e. The van der Waals surface area contributed by atoms with Gasteiger partial charge in [-0.1, -0.05) is 0 Å². The largest absolute Gasteiger partial charge is 0.490 e. The van der Waals surface area contributed by atoms with Crippen LogP contribution in [-0.2, 0) is 16.1 Å². The van der Waals surface area contributed by atoms with E-state index in [0.717, 1.165) is 9.13 Å². The molecule has 0 saturated heterocycles. The van der Waals surface area contributed by atoms with Crippen molar-refractivity contribution in [3.05, 3.63) is 101 Å². The van der Waals surface area contributed by atoms with E-state index < -0.39 is 10.9 Å². The summed E-state index contributed by atoms with van der Waals surface area (Å²) in [5, 5.41) is 10.8. The Morgan fingerprint density at radius 1 is 1.11 bits per heavy atom. The summed E-state index contributed by atoms with van der Waals surface area (Å²) in [6.45, 7) is 2.44. The molecule has 0 atom stereocenters. The number of non-ortho nitro benzene ring substituents is 1. The summed E-state index contributed by atoms with van der Waals surface area (Å²) in [5.74, 6) is 0.671. The molecule has 1 aliphatic heterocycles. The SMILES string of the molecule is CCOc1cc(/C=C2\N=C(c3ccc(I)cc3)OC2=O)cc(Br)c1OCc1ccc([N+](=O)[O-])cc1. The minimum absolute atomic E-state index is 0.0144. The number of nitro groups is 1. The number of aliphatic imine (C=N–C) groups is 1. The van der Waals surface area contributed by atoms with Gasteiger partial charge in [-0.15, -0.1) is 0 Å². The second-order valence-corrected chi connectivity index (χ2v) is 9.42. The van der Waals surface area contributed by atoms with Gasteiger partial charge in [0.15, 0.2) is 17.2 Å². The third kappa shape index (κ3) is 6.06. The molecule has 1 aliphatic rings. The van der Waals surface area contributed by atoms with Crippen molar-refractivity contribution < 1.29 is 23.9 Å². The van der Waals surface area contributed by atoms with Crippen molar-refractivity contribution >= 4 is 62.2 Å². The highest BCUT2D eigenvalue weighted by Crippen LogP contribution is 2.38. The van der Waals surface area contributed by atoms with Crippen LogP contribution in [0.15, 0.2) is 75.8 Å². The molecule has 0 bridgehead atoms. The van der Waals surface area contributed by atoms with E-state index in [0.29, 0.717) is 33.7 Å². The van der Waals surface area contributed by atoms with Crippen LogP contribution in [0, 0.1) is 13.7 Å². The third-order valence-corrected chi connectivity index (χ3v) is 6.19. The van der Waals surface area contributed by atoms with Crippen molar-refractivity contribution in [2.75, 3.05) is 6.61 Å². The smallest absolute Gasteiger partial charge is 0.363 e. The molecule has 0 aromatic heterocycles. The van der Waals surface area contributed by atoms with Gasteiger partial charge in [0.25, 0.3) is 5.69 Å². The zero-order valence-electron chi connectivity index (χ0n) is 18.4. The molecule has 35 heavy (non-hydrogen) atoms. The first kappa shape index (κ1) is 24.9. The van der Waals surface area contributed by atoms with Gasteiger partial charge in [0.2, 0.25) is 5.90 Å². The number of hydrogen-bond donors (Lipinski definition) is 0. The van der Waals surface area contributed by atoms with Crippen molar-refractivity contribution in [2.24, 2.45) is 4.99 Å². The fraction of sp³-hybridized carbons (Fsp3) is 0.120. The number of carbonyl (C=O) groups is 1. The van der Waals surface area contributed by atoms with E-state index in [2.05, 4.69) is 43.5 Å². The van der Waals surface area contributed by atoms with E-state index in [9.17, 15) is 14.9 Å². The summed E-state index contributed by atoms with van der Waals surface area (Å²) < 4.78 is 18.7. The summed E-state index contributed by atoms with van der Waals surface area (Å²) in [6, 6.07) is 17.2. The Hall–Kier alpha value is -3.25. The Labute approximate surface area is 223 Å². The first-order valence-electron chi connectivity index (χ1n) is 10.4. The first-order chi connectivity index (χ1) is 16.8. The van der Waals surface area contributed by atoms with Crippen LogP contribution in [0.1, 0.15) is 23.6 Å². The Morgan fingerprint density at radius 2 is 1.83 bits per heavy atom. The predicted molar refractivity (Wildman–Crippen MR) is 143 cm³/mol. The minimum Gasteiger partial charge on any atom is -0.490 e. The topological polar surface area (TPSA) is 100 Å². The van der Waals surface area contributed by atoms with Gasteiger partial charge in [-0.05, 0) is 111 Å². The summed E-state index contributed by atoms with van der Waals surface area (Å²) in [7, 11) is 0. The Morgan fingerprint density at radius 3 is 2.49 bits per heavy atom. The molecule has 10 heteroatoms. The third-order valence-electron chi connectivity index (χ3n) is 4.88. The van der Waals surface area contributed by atoms with Gasteiger partial charge in [0, 0.05) is 21.3 Å². The van der Waals surface area contributed by atoms with Gasteiger partial charge in [-0.2, -0.15) is 0 Å². The lowest BCUT2D eigenvalue weighted by atomic mass is 10.1. The summed E-state index contributed by atoms with van der Waals surface area (Å²) >= 11 is 5.72. The highest BCUT2D eigenvalue weighted by Gasteiger charge is 2.24. The number of carbonyl (C=O) groups excluding carboxylic acids is 1. The number of hydrogen-bond acceptors (Lipinski definition) is 7. The molecule has 4 rings (SSSR count). The summed E-state index contributed by atoms with van der Waals surface area (Å²) in [6.07, 6.45) is 1.62. The highest BCUT2D eigenvalue weighted by atomic mass is 127. The zero-order valence-corrected chi connectivity index (χ0v) is 22.1. The van der Waals surface area contributed by atoms with E-state index in [4.69, 9.17) is 14.2 Å². The van der Waals surface area contributed by atoms with Crippen molar-refractivity contribution in [1.29, 1.82) is 0 Å². The van der Waals surface area contributed by atoms with Crippen LogP contribution in [0.25, 0.3) is 6.08 Å². The molecular weight excluding hydrogens is 631 g/mol. The average molecular weight is 649 g/mol. The molecule has 8 nitrogen and oxygen atoms in total. The molecule has 1 heterocycles. The first-order valence-corrected chi connectivity index (χ1v) is 12.3. The number of halogens is 2. The standard InChI is InChI=1S/C25H18BrIN2O6/c1-2-33-22-13-16(12-21-25(30)35-24(28-21)17-5-7-18(27)8-6-17)11-20(26)23(22)34-14-15-3-9-19(10-4-15)29(31)32/h3-13H,2,14H2,1H3/b21-12-. The monoisotopic (exact) mass is 648 g/mol. The van der Waals surface area contributed by atoms with Crippen molar-refractivity contribution in [3.8, 4) is 11.5 Å². The van der Waals surface area contributed by atoms with Crippen LogP contribution in [0.4, 0.5) is 5.69 Å². The van der Waals surface area contributed by atoms with Crippen molar-refractivity contribution in [1.82, 2.24) is 0 Å². The average Bonchev–Trinajstić information content (AvgIpc) is 3.19. The lowest BCUT2D eigenvalue weighted by molar-refractivity contribution is -0.384. The molecule has 3 aromatic carbocycles. The number of cyclic esters (lactones) is 1. The van der Waals surface area contributed by atoms with Crippen LogP contribution in [0.2, 0.25) is 0 Å². The normalized spacial score (nSPS) is 14.0. The Bertz CT molecular complexity index is 1340. The molecule has 0 aliphatic carbocycles. The molecule has 0 N–H and O–H groups in total. The maximum atomic E-state index is 12.4. The molecular formula is C25H18BrIN2O6. The number of rotatable bonds is 8. The number of benzene rings is 3. The summed E-state index contributed by atoms with van der Waals surface area (Å²) in [5.41, 5.74) is 2.34. The fourth-order valence-corrected chi connectivity index (χ4v) is 4.16. The number of nitro benzene ring substituents is 1. The molecule has 0 saturated carbocycles. The minimum atomic E-state index is -0.536. The molecule has 0 unspecified atom stereocenters. The van der Waals surface area contributed by atoms with Gasteiger partial charge >= 0.3 is 5.97 Å². The van der Waals surface area contributed by atoms with Gasteiger partial charge < -0.3 is 14.2 Å². The molecule has 0 amide bonds. The quantitative estimate of drug-likeness (QED) is 0.0937. The van der Waals surface area contributed by atoms with Gasteiger partial charge in [0.05, 0.1) is 16.0 Å². The van der Waals surface area contributed by atoms with Crippen LogP contribution < -0.4 is 9.47 Å².